The fourth-order valence-electron chi connectivity index (χ4n) is 7.10. The number of rotatable bonds is 4. The summed E-state index contributed by atoms with van der Waals surface area (Å²) in [4.78, 5) is 13.7. The van der Waals surface area contributed by atoms with Gasteiger partial charge < -0.3 is 5.32 Å². The Hall–Kier alpha value is -2.30. The summed E-state index contributed by atoms with van der Waals surface area (Å²) in [5.41, 5.74) is 7.28. The molecular weight excluding hydrogens is 489 g/mol. The first-order valence-corrected chi connectivity index (χ1v) is 13.9. The average molecular weight is 523 g/mol. The van der Waals surface area contributed by atoms with Crippen LogP contribution in [0.1, 0.15) is 66.7 Å². The molecule has 2 bridgehead atoms. The minimum absolute atomic E-state index is 0.0788. The Bertz CT molecular complexity index is 1360. The molecule has 188 valence electrons. The van der Waals surface area contributed by atoms with Crippen molar-refractivity contribution in [1.29, 1.82) is 0 Å². The zero-order chi connectivity index (χ0) is 25.2. The Kier molecular flexibility index (Phi) is 5.96. The quantitative estimate of drug-likeness (QED) is 0.387. The summed E-state index contributed by atoms with van der Waals surface area (Å²) in [5.74, 6) is 2.02. The van der Waals surface area contributed by atoms with Crippen LogP contribution in [0.2, 0.25) is 10.0 Å². The lowest BCUT2D eigenvalue weighted by Crippen LogP contribution is -2.54. The Morgan fingerprint density at radius 1 is 1.14 bits per heavy atom. The Labute approximate surface area is 223 Å². The van der Waals surface area contributed by atoms with Gasteiger partial charge >= 0.3 is 0 Å². The van der Waals surface area contributed by atoms with Crippen molar-refractivity contribution in [3.63, 3.8) is 0 Å². The fraction of sp³-hybridized carbons (Fsp3) is 0.467. The highest BCUT2D eigenvalue weighted by Gasteiger charge is 2.54. The van der Waals surface area contributed by atoms with Crippen molar-refractivity contribution in [3.05, 3.63) is 68.8 Å². The fourth-order valence-corrected chi connectivity index (χ4v) is 7.59. The molecule has 4 aliphatic carbocycles. The number of hydrogen-bond donors (Lipinski definition) is 1. The van der Waals surface area contributed by atoms with E-state index in [1.165, 1.54) is 30.4 Å². The molecule has 1 heterocycles. The van der Waals surface area contributed by atoms with Crippen molar-refractivity contribution in [2.24, 2.45) is 23.2 Å². The van der Waals surface area contributed by atoms with Crippen molar-refractivity contribution in [3.8, 4) is 16.9 Å². The summed E-state index contributed by atoms with van der Waals surface area (Å²) in [7, 11) is 0. The van der Waals surface area contributed by atoms with E-state index in [9.17, 15) is 4.79 Å². The van der Waals surface area contributed by atoms with Crippen molar-refractivity contribution in [2.45, 2.75) is 59.3 Å². The zero-order valence-electron chi connectivity index (χ0n) is 21.2. The van der Waals surface area contributed by atoms with Crippen LogP contribution in [0.5, 0.6) is 0 Å². The van der Waals surface area contributed by atoms with E-state index < -0.39 is 0 Å². The van der Waals surface area contributed by atoms with E-state index >= 15 is 0 Å². The first kappa shape index (κ1) is 24.1. The largest absolute Gasteiger partial charge is 0.350 e. The highest BCUT2D eigenvalue weighted by atomic mass is 35.5. The van der Waals surface area contributed by atoms with Gasteiger partial charge in [-0.3, -0.25) is 4.79 Å². The molecule has 2 aromatic carbocycles. The van der Waals surface area contributed by atoms with E-state index in [-0.39, 0.29) is 5.91 Å². The zero-order valence-corrected chi connectivity index (χ0v) is 22.7. The second-order valence-electron chi connectivity index (χ2n) is 11.6. The number of benzene rings is 2. The third-order valence-corrected chi connectivity index (χ3v) is 9.79. The van der Waals surface area contributed by atoms with Crippen LogP contribution in [0.25, 0.3) is 16.9 Å². The number of carbonyl (C=O) groups is 1. The molecule has 7 rings (SSSR count). The molecule has 1 amide bonds. The molecule has 0 spiro atoms. The molecule has 1 N–H and O–H groups in total. The highest BCUT2D eigenvalue weighted by Crippen LogP contribution is 2.61. The summed E-state index contributed by atoms with van der Waals surface area (Å²) >= 11 is 12.9. The second-order valence-corrected chi connectivity index (χ2v) is 12.4. The SMILES string of the molecule is Cc1ccc2c(c1)CCCc1c(C(=O)NCC3CCC4CC3C4(C)C)nn(-c3ccc(Cl)cc3Cl)c1-2. The van der Waals surface area contributed by atoms with E-state index in [4.69, 9.17) is 28.3 Å². The van der Waals surface area contributed by atoms with Crippen LogP contribution in [-0.2, 0) is 12.8 Å². The van der Waals surface area contributed by atoms with E-state index in [0.717, 1.165) is 54.2 Å². The summed E-state index contributed by atoms with van der Waals surface area (Å²) in [6.45, 7) is 7.64. The number of amides is 1. The molecule has 3 atom stereocenters. The Balaban J connectivity index is 1.39. The smallest absolute Gasteiger partial charge is 0.272 e. The van der Waals surface area contributed by atoms with E-state index in [2.05, 4.69) is 44.3 Å². The number of aryl methyl sites for hydroxylation is 2. The van der Waals surface area contributed by atoms with Crippen molar-refractivity contribution in [2.75, 3.05) is 6.54 Å². The molecule has 6 heteroatoms. The monoisotopic (exact) mass is 521 g/mol. The summed E-state index contributed by atoms with van der Waals surface area (Å²) in [6.07, 6.45) is 6.55. The van der Waals surface area contributed by atoms with Gasteiger partial charge in [0.2, 0.25) is 0 Å². The standard InChI is InChI=1S/C30H33Cl2N3O/c1-17-7-11-22-18(13-17)5-4-6-23-27(34-35(28(22)23)26-12-10-21(31)15-25(26)32)29(36)33-16-19-8-9-20-14-24(19)30(20,2)3/h7,10-13,15,19-20,24H,4-6,8-9,14,16H2,1-3H3,(H,33,36). The van der Waals surface area contributed by atoms with E-state index in [1.54, 1.807) is 6.07 Å². The molecular formula is C30H33Cl2N3O. The van der Waals surface area contributed by atoms with Gasteiger partial charge in [0.15, 0.2) is 5.69 Å². The minimum atomic E-state index is -0.0788. The van der Waals surface area contributed by atoms with Gasteiger partial charge in [0.05, 0.1) is 16.4 Å². The van der Waals surface area contributed by atoms with Crippen LogP contribution in [-0.4, -0.2) is 22.2 Å². The van der Waals surface area contributed by atoms with E-state index in [1.807, 2.05) is 16.8 Å². The maximum Gasteiger partial charge on any atom is 0.272 e. The number of hydrogen-bond acceptors (Lipinski definition) is 2. The van der Waals surface area contributed by atoms with Gasteiger partial charge in [-0.15, -0.1) is 0 Å². The van der Waals surface area contributed by atoms with Gasteiger partial charge in [0.1, 0.15) is 0 Å². The molecule has 4 aliphatic rings. The number of aromatic nitrogens is 2. The molecule has 3 aromatic rings. The topological polar surface area (TPSA) is 46.9 Å². The van der Waals surface area contributed by atoms with Gasteiger partial charge in [-0.1, -0.05) is 60.8 Å². The van der Waals surface area contributed by atoms with E-state index in [0.29, 0.717) is 33.0 Å². The van der Waals surface area contributed by atoms with Gasteiger partial charge in [-0.05, 0) is 92.4 Å². The van der Waals surface area contributed by atoms with Gasteiger partial charge in [-0.25, -0.2) is 4.68 Å². The van der Waals surface area contributed by atoms with Crippen LogP contribution in [0.3, 0.4) is 0 Å². The van der Waals surface area contributed by atoms with Gasteiger partial charge in [0, 0.05) is 22.7 Å². The third-order valence-electron chi connectivity index (χ3n) is 9.25. The number of halogens is 2. The van der Waals surface area contributed by atoms with Crippen LogP contribution in [0.15, 0.2) is 36.4 Å². The van der Waals surface area contributed by atoms with Gasteiger partial charge in [-0.2, -0.15) is 5.10 Å². The molecule has 3 unspecified atom stereocenters. The predicted molar refractivity (Wildman–Crippen MR) is 146 cm³/mol. The highest BCUT2D eigenvalue weighted by molar-refractivity contribution is 6.35. The first-order chi connectivity index (χ1) is 17.2. The van der Waals surface area contributed by atoms with Crippen molar-refractivity contribution in [1.82, 2.24) is 15.1 Å². The molecule has 0 radical (unpaired) electrons. The molecule has 3 saturated carbocycles. The maximum atomic E-state index is 13.7. The Morgan fingerprint density at radius 3 is 2.72 bits per heavy atom. The number of nitrogens with zero attached hydrogens (tertiary/aromatic N) is 2. The number of carbonyl (C=O) groups excluding carboxylic acids is 1. The summed E-state index contributed by atoms with van der Waals surface area (Å²) < 4.78 is 1.86. The number of fused-ring (bicyclic) bond motifs is 5. The minimum Gasteiger partial charge on any atom is -0.350 e. The van der Waals surface area contributed by atoms with Crippen LogP contribution >= 0.6 is 23.2 Å². The van der Waals surface area contributed by atoms with Crippen LogP contribution in [0, 0.1) is 30.1 Å². The van der Waals surface area contributed by atoms with Crippen molar-refractivity contribution < 1.29 is 4.79 Å². The Morgan fingerprint density at radius 2 is 1.97 bits per heavy atom. The lowest BCUT2D eigenvalue weighted by Gasteiger charge is -2.60. The maximum absolute atomic E-state index is 13.7. The summed E-state index contributed by atoms with van der Waals surface area (Å²) in [6, 6.07) is 12.0. The van der Waals surface area contributed by atoms with Crippen molar-refractivity contribution >= 4 is 29.1 Å². The molecule has 0 aliphatic heterocycles. The van der Waals surface area contributed by atoms with Gasteiger partial charge in [0.25, 0.3) is 5.91 Å². The molecule has 4 nitrogen and oxygen atoms in total. The lowest BCUT2D eigenvalue weighted by molar-refractivity contribution is -0.103. The average Bonchev–Trinajstić information content (AvgIpc) is 3.11. The van der Waals surface area contributed by atoms with Crippen LogP contribution < -0.4 is 5.32 Å². The normalized spacial score (nSPS) is 23.8. The lowest BCUT2D eigenvalue weighted by atomic mass is 9.45. The predicted octanol–water partition coefficient (Wildman–Crippen LogP) is 7.45. The van der Waals surface area contributed by atoms with Crippen LogP contribution in [0.4, 0.5) is 0 Å². The molecule has 0 saturated heterocycles. The molecule has 36 heavy (non-hydrogen) atoms. The summed E-state index contributed by atoms with van der Waals surface area (Å²) in [5, 5.41) is 9.29. The molecule has 3 fully saturated rings. The molecule has 1 aromatic heterocycles. The number of nitrogens with one attached hydrogen (secondary N) is 1. The first-order valence-electron chi connectivity index (χ1n) is 13.2. The third kappa shape index (κ3) is 3.88. The second kappa shape index (κ2) is 8.92.